The number of carbonyl (C=O) groups is 2. The second kappa shape index (κ2) is 7.64. The Balaban J connectivity index is 1.84. The maximum atomic E-state index is 13.2. The molecule has 0 aromatic carbocycles. The van der Waals surface area contributed by atoms with E-state index in [1.54, 1.807) is 13.1 Å². The van der Waals surface area contributed by atoms with E-state index >= 15 is 0 Å². The predicted molar refractivity (Wildman–Crippen MR) is 102 cm³/mol. The van der Waals surface area contributed by atoms with Gasteiger partial charge in [0.25, 0.3) is 0 Å². The first-order valence-electron chi connectivity index (χ1n) is 9.90. The van der Waals surface area contributed by atoms with Gasteiger partial charge >= 0.3 is 5.97 Å². The summed E-state index contributed by atoms with van der Waals surface area (Å²) < 4.78 is 5.14. The molecule has 3 N–H and O–H groups in total. The number of H-pyrrole nitrogens is 1. The van der Waals surface area contributed by atoms with Crippen LogP contribution in [0.1, 0.15) is 61.1 Å². The fourth-order valence-corrected chi connectivity index (χ4v) is 4.59. The maximum Gasteiger partial charge on any atom is 0.340 e. The molecule has 0 saturated carbocycles. The van der Waals surface area contributed by atoms with E-state index in [1.807, 2.05) is 18.7 Å². The number of β-amino-alcohol motifs (C(OH)–C–C–N with tert-alkyl or cyclic N) is 1. The van der Waals surface area contributed by atoms with Crippen LogP contribution in [-0.2, 0) is 16.0 Å². The minimum absolute atomic E-state index is 0.0649. The van der Waals surface area contributed by atoms with Gasteiger partial charge in [0, 0.05) is 25.0 Å². The summed E-state index contributed by atoms with van der Waals surface area (Å²) in [4.78, 5) is 30.4. The van der Waals surface area contributed by atoms with Gasteiger partial charge in [0.2, 0.25) is 5.91 Å². The van der Waals surface area contributed by atoms with Crippen LogP contribution in [0, 0.1) is 6.92 Å². The molecular formula is C20H31N3O4. The summed E-state index contributed by atoms with van der Waals surface area (Å²) in [5, 5.41) is 14.5. The Morgan fingerprint density at radius 2 is 2.11 bits per heavy atom. The van der Waals surface area contributed by atoms with E-state index < -0.39 is 17.1 Å². The monoisotopic (exact) mass is 377 g/mol. The van der Waals surface area contributed by atoms with Gasteiger partial charge in [0.05, 0.1) is 24.1 Å². The van der Waals surface area contributed by atoms with Gasteiger partial charge < -0.3 is 25.0 Å². The fraction of sp³-hybridized carbons (Fsp3) is 0.700. The standard InChI is InChI=1S/C20H31N3O4/c1-4-27-18(25)17-14(2)12-22-15(17)11-16(24)23-10-6-5-7-19(23,3)20(26)8-9-21-13-20/h12,21-22,26H,4-11,13H2,1-3H3. The number of nitrogens with one attached hydrogen (secondary N) is 2. The van der Waals surface area contributed by atoms with Gasteiger partial charge in [0.1, 0.15) is 5.60 Å². The highest BCUT2D eigenvalue weighted by atomic mass is 16.5. The molecule has 2 fully saturated rings. The molecule has 2 aliphatic heterocycles. The van der Waals surface area contributed by atoms with Gasteiger partial charge in [-0.2, -0.15) is 0 Å². The summed E-state index contributed by atoms with van der Waals surface area (Å²) in [6, 6.07) is 0. The van der Waals surface area contributed by atoms with Gasteiger partial charge in [-0.15, -0.1) is 0 Å². The summed E-state index contributed by atoms with van der Waals surface area (Å²) in [6.45, 7) is 7.78. The first-order chi connectivity index (χ1) is 12.8. The van der Waals surface area contributed by atoms with Gasteiger partial charge in [-0.3, -0.25) is 4.79 Å². The summed E-state index contributed by atoms with van der Waals surface area (Å²) in [7, 11) is 0. The van der Waals surface area contributed by atoms with E-state index in [9.17, 15) is 14.7 Å². The van der Waals surface area contributed by atoms with Crippen molar-refractivity contribution in [3.05, 3.63) is 23.0 Å². The number of piperidine rings is 1. The van der Waals surface area contributed by atoms with Crippen LogP contribution in [0.4, 0.5) is 0 Å². The Morgan fingerprint density at radius 1 is 1.33 bits per heavy atom. The SMILES string of the molecule is CCOC(=O)c1c(C)c[nH]c1CC(=O)N1CCCCC1(C)C1(O)CCNC1. The van der Waals surface area contributed by atoms with E-state index in [2.05, 4.69) is 10.3 Å². The van der Waals surface area contributed by atoms with Crippen molar-refractivity contribution in [2.24, 2.45) is 0 Å². The predicted octanol–water partition coefficient (Wildman–Crippen LogP) is 1.54. The highest BCUT2D eigenvalue weighted by Gasteiger charge is 2.54. The number of rotatable bonds is 5. The number of aromatic nitrogens is 1. The lowest BCUT2D eigenvalue weighted by molar-refractivity contribution is -0.156. The molecule has 1 aromatic heterocycles. The largest absolute Gasteiger partial charge is 0.462 e. The number of ether oxygens (including phenoxy) is 1. The third kappa shape index (κ3) is 3.50. The normalized spacial score (nSPS) is 28.4. The highest BCUT2D eigenvalue weighted by Crippen LogP contribution is 2.40. The molecule has 27 heavy (non-hydrogen) atoms. The fourth-order valence-electron chi connectivity index (χ4n) is 4.59. The van der Waals surface area contributed by atoms with E-state index in [0.717, 1.165) is 31.4 Å². The maximum absolute atomic E-state index is 13.2. The Morgan fingerprint density at radius 3 is 2.78 bits per heavy atom. The molecule has 0 aliphatic carbocycles. The second-order valence-corrected chi connectivity index (χ2v) is 7.96. The Labute approximate surface area is 160 Å². The third-order valence-corrected chi connectivity index (χ3v) is 6.29. The van der Waals surface area contributed by atoms with Crippen LogP contribution in [0.2, 0.25) is 0 Å². The number of esters is 1. The Bertz CT molecular complexity index is 708. The first-order valence-corrected chi connectivity index (χ1v) is 9.90. The number of aromatic amines is 1. The van der Waals surface area contributed by atoms with Crippen LogP contribution >= 0.6 is 0 Å². The van der Waals surface area contributed by atoms with Crippen LogP contribution in [-0.4, -0.2) is 64.2 Å². The number of amides is 1. The molecule has 0 radical (unpaired) electrons. The van der Waals surface area contributed by atoms with Gasteiger partial charge in [-0.1, -0.05) is 0 Å². The molecule has 3 rings (SSSR count). The van der Waals surface area contributed by atoms with Crippen molar-refractivity contribution in [2.75, 3.05) is 26.2 Å². The zero-order valence-corrected chi connectivity index (χ0v) is 16.6. The lowest BCUT2D eigenvalue weighted by Crippen LogP contribution is -2.66. The van der Waals surface area contributed by atoms with Gasteiger partial charge in [-0.05, 0) is 58.6 Å². The van der Waals surface area contributed by atoms with Gasteiger partial charge in [0.15, 0.2) is 0 Å². The number of aryl methyl sites for hydroxylation is 1. The van der Waals surface area contributed by atoms with Crippen LogP contribution < -0.4 is 5.32 Å². The average Bonchev–Trinajstić information content (AvgIpc) is 3.22. The number of aliphatic hydroxyl groups is 1. The Hall–Kier alpha value is -1.86. The van der Waals surface area contributed by atoms with Crippen molar-refractivity contribution < 1.29 is 19.4 Å². The zero-order valence-electron chi connectivity index (χ0n) is 16.6. The lowest BCUT2D eigenvalue weighted by Gasteiger charge is -2.52. The molecule has 0 bridgehead atoms. The minimum atomic E-state index is -0.918. The smallest absolute Gasteiger partial charge is 0.340 e. The van der Waals surface area contributed by atoms with Gasteiger partial charge in [-0.25, -0.2) is 4.79 Å². The molecule has 0 spiro atoms. The highest BCUT2D eigenvalue weighted by molar-refractivity contribution is 5.94. The molecule has 2 aliphatic rings. The van der Waals surface area contributed by atoms with E-state index in [1.165, 1.54) is 0 Å². The molecule has 150 valence electrons. The number of hydrogen-bond donors (Lipinski definition) is 3. The molecule has 1 amide bonds. The summed E-state index contributed by atoms with van der Waals surface area (Å²) in [5.41, 5.74) is 0.290. The molecular weight excluding hydrogens is 346 g/mol. The van der Waals surface area contributed by atoms with Crippen LogP contribution in [0.15, 0.2) is 6.20 Å². The van der Waals surface area contributed by atoms with Crippen molar-refractivity contribution >= 4 is 11.9 Å². The first kappa shape index (κ1) is 19.9. The molecule has 2 saturated heterocycles. The number of carbonyl (C=O) groups excluding carboxylic acids is 2. The molecule has 7 heteroatoms. The quantitative estimate of drug-likeness (QED) is 0.677. The number of hydrogen-bond acceptors (Lipinski definition) is 5. The Kier molecular flexibility index (Phi) is 5.63. The minimum Gasteiger partial charge on any atom is -0.462 e. The van der Waals surface area contributed by atoms with E-state index in [4.69, 9.17) is 4.74 Å². The van der Waals surface area contributed by atoms with Crippen molar-refractivity contribution in [2.45, 2.75) is 64.0 Å². The molecule has 3 heterocycles. The zero-order chi connectivity index (χ0) is 19.7. The molecule has 7 nitrogen and oxygen atoms in total. The van der Waals surface area contributed by atoms with E-state index in [0.29, 0.717) is 37.4 Å². The van der Waals surface area contributed by atoms with Crippen LogP contribution in [0.25, 0.3) is 0 Å². The molecule has 1 aromatic rings. The van der Waals surface area contributed by atoms with Crippen LogP contribution in [0.5, 0.6) is 0 Å². The third-order valence-electron chi connectivity index (χ3n) is 6.29. The second-order valence-electron chi connectivity index (χ2n) is 7.96. The lowest BCUT2D eigenvalue weighted by atomic mass is 9.73. The summed E-state index contributed by atoms with van der Waals surface area (Å²) >= 11 is 0. The topological polar surface area (TPSA) is 94.7 Å². The van der Waals surface area contributed by atoms with Crippen LogP contribution in [0.3, 0.4) is 0 Å². The molecule has 2 atom stereocenters. The number of nitrogens with zero attached hydrogens (tertiary/aromatic N) is 1. The number of likely N-dealkylation sites (tertiary alicyclic amines) is 1. The van der Waals surface area contributed by atoms with E-state index in [-0.39, 0.29) is 12.3 Å². The average molecular weight is 377 g/mol. The van der Waals surface area contributed by atoms with Crippen molar-refractivity contribution in [3.8, 4) is 0 Å². The van der Waals surface area contributed by atoms with Crippen molar-refractivity contribution in [1.82, 2.24) is 15.2 Å². The summed E-state index contributed by atoms with van der Waals surface area (Å²) in [6.07, 6.45) is 5.19. The van der Waals surface area contributed by atoms with Crippen molar-refractivity contribution in [1.29, 1.82) is 0 Å². The summed E-state index contributed by atoms with van der Waals surface area (Å²) in [5.74, 6) is -0.469. The molecule has 2 unspecified atom stereocenters. The van der Waals surface area contributed by atoms with Crippen molar-refractivity contribution in [3.63, 3.8) is 0 Å².